The van der Waals surface area contributed by atoms with E-state index in [0.29, 0.717) is 13.4 Å². The van der Waals surface area contributed by atoms with E-state index in [4.69, 9.17) is 15.2 Å². The van der Waals surface area contributed by atoms with E-state index in [0.717, 1.165) is 31.7 Å². The van der Waals surface area contributed by atoms with Crippen molar-refractivity contribution in [2.75, 3.05) is 31.4 Å². The van der Waals surface area contributed by atoms with Gasteiger partial charge in [0.2, 0.25) is 0 Å². The molecule has 0 spiro atoms. The first kappa shape index (κ1) is 13.2. The molecule has 0 aromatic heterocycles. The lowest BCUT2D eigenvalue weighted by Gasteiger charge is -2.32. The fourth-order valence-corrected chi connectivity index (χ4v) is 2.21. The maximum atomic E-state index is 6.01. The zero-order valence-corrected chi connectivity index (χ0v) is 11.0. The summed E-state index contributed by atoms with van der Waals surface area (Å²) >= 11 is 0. The molecule has 1 aliphatic rings. The van der Waals surface area contributed by atoms with Gasteiger partial charge in [-0.05, 0) is 31.9 Å². The summed E-state index contributed by atoms with van der Waals surface area (Å²) in [5, 5.41) is 0. The highest BCUT2D eigenvalue weighted by molar-refractivity contribution is 5.51. The number of anilines is 1. The molecule has 0 bridgehead atoms. The molecule has 4 nitrogen and oxygen atoms in total. The summed E-state index contributed by atoms with van der Waals surface area (Å²) in [5.74, 6) is 0.847. The van der Waals surface area contributed by atoms with Gasteiger partial charge in [-0.2, -0.15) is 0 Å². The molecule has 2 N–H and O–H groups in total. The molecule has 4 heteroatoms. The molecule has 100 valence electrons. The largest absolute Gasteiger partial charge is 0.467 e. The molecule has 1 atom stereocenters. The molecule has 1 saturated heterocycles. The molecular weight excluding hydrogens is 228 g/mol. The standard InChI is InChI=1S/C14H22N2O2/c1-2-17-11-18-14-7-3-6-13(9-14)16-8-4-5-12(15)10-16/h3,6-7,9,12H,2,4-5,8,10-11,15H2,1H3. The molecule has 1 aromatic carbocycles. The number of rotatable bonds is 5. The highest BCUT2D eigenvalue weighted by atomic mass is 16.7. The van der Waals surface area contributed by atoms with Gasteiger partial charge in [-0.25, -0.2) is 0 Å². The molecule has 1 heterocycles. The zero-order chi connectivity index (χ0) is 12.8. The van der Waals surface area contributed by atoms with E-state index >= 15 is 0 Å². The zero-order valence-electron chi connectivity index (χ0n) is 11.0. The molecule has 0 aliphatic carbocycles. The molecule has 2 rings (SSSR count). The normalized spacial score (nSPS) is 19.9. The summed E-state index contributed by atoms with van der Waals surface area (Å²) in [6.45, 7) is 4.92. The molecule has 1 fully saturated rings. The summed E-state index contributed by atoms with van der Waals surface area (Å²) in [6.07, 6.45) is 2.28. The van der Waals surface area contributed by atoms with Crippen molar-refractivity contribution in [3.05, 3.63) is 24.3 Å². The fourth-order valence-electron chi connectivity index (χ4n) is 2.21. The summed E-state index contributed by atoms with van der Waals surface area (Å²) in [5.41, 5.74) is 7.19. The second-order valence-electron chi connectivity index (χ2n) is 4.60. The van der Waals surface area contributed by atoms with Crippen LogP contribution < -0.4 is 15.4 Å². The van der Waals surface area contributed by atoms with Crippen molar-refractivity contribution in [2.24, 2.45) is 5.73 Å². The Kier molecular flexibility index (Phi) is 4.84. The van der Waals surface area contributed by atoms with Crippen LogP contribution in [0, 0.1) is 0 Å². The Labute approximate surface area is 109 Å². The number of nitrogens with two attached hydrogens (primary N) is 1. The van der Waals surface area contributed by atoms with Crippen molar-refractivity contribution in [2.45, 2.75) is 25.8 Å². The first-order valence-corrected chi connectivity index (χ1v) is 6.60. The number of benzene rings is 1. The van der Waals surface area contributed by atoms with Gasteiger partial charge >= 0.3 is 0 Å². The number of hydrogen-bond donors (Lipinski definition) is 1. The van der Waals surface area contributed by atoms with E-state index in [2.05, 4.69) is 17.0 Å². The highest BCUT2D eigenvalue weighted by Gasteiger charge is 2.17. The third-order valence-corrected chi connectivity index (χ3v) is 3.15. The molecule has 1 unspecified atom stereocenters. The van der Waals surface area contributed by atoms with Gasteiger partial charge in [-0.1, -0.05) is 6.07 Å². The molecule has 18 heavy (non-hydrogen) atoms. The first-order valence-electron chi connectivity index (χ1n) is 6.60. The van der Waals surface area contributed by atoms with Crippen LogP contribution in [0.2, 0.25) is 0 Å². The minimum atomic E-state index is 0.284. The lowest BCUT2D eigenvalue weighted by Crippen LogP contribution is -2.42. The fraction of sp³-hybridized carbons (Fsp3) is 0.571. The van der Waals surface area contributed by atoms with Gasteiger partial charge in [0.25, 0.3) is 0 Å². The van der Waals surface area contributed by atoms with Crippen LogP contribution >= 0.6 is 0 Å². The maximum absolute atomic E-state index is 6.01. The highest BCUT2D eigenvalue weighted by Crippen LogP contribution is 2.23. The summed E-state index contributed by atoms with van der Waals surface area (Å²) in [4.78, 5) is 2.32. The Morgan fingerprint density at radius 2 is 2.33 bits per heavy atom. The third-order valence-electron chi connectivity index (χ3n) is 3.15. The van der Waals surface area contributed by atoms with Crippen LogP contribution in [0.15, 0.2) is 24.3 Å². The van der Waals surface area contributed by atoms with Crippen LogP contribution in [0.3, 0.4) is 0 Å². The molecule has 1 aromatic rings. The Bertz CT molecular complexity index is 371. The Morgan fingerprint density at radius 3 is 3.11 bits per heavy atom. The Balaban J connectivity index is 1.97. The van der Waals surface area contributed by atoms with Gasteiger partial charge < -0.3 is 20.1 Å². The van der Waals surface area contributed by atoms with Crippen molar-refractivity contribution < 1.29 is 9.47 Å². The molecular formula is C14H22N2O2. The second kappa shape index (κ2) is 6.61. The third kappa shape index (κ3) is 3.62. The molecule has 0 radical (unpaired) electrons. The van der Waals surface area contributed by atoms with Crippen molar-refractivity contribution >= 4 is 5.69 Å². The number of ether oxygens (including phenoxy) is 2. The Morgan fingerprint density at radius 1 is 1.44 bits per heavy atom. The van der Waals surface area contributed by atoms with E-state index in [-0.39, 0.29) is 6.04 Å². The van der Waals surface area contributed by atoms with Gasteiger partial charge in [-0.15, -0.1) is 0 Å². The van der Waals surface area contributed by atoms with Gasteiger partial charge in [0.05, 0.1) is 0 Å². The first-order chi connectivity index (χ1) is 8.79. The van der Waals surface area contributed by atoms with Crippen LogP contribution in [0.5, 0.6) is 5.75 Å². The van der Waals surface area contributed by atoms with Gasteiger partial charge in [0, 0.05) is 37.5 Å². The average Bonchev–Trinajstić information content (AvgIpc) is 2.39. The molecule has 0 saturated carbocycles. The average molecular weight is 250 g/mol. The maximum Gasteiger partial charge on any atom is 0.189 e. The van der Waals surface area contributed by atoms with Crippen LogP contribution in [0.4, 0.5) is 5.69 Å². The van der Waals surface area contributed by atoms with Crippen molar-refractivity contribution in [3.8, 4) is 5.75 Å². The van der Waals surface area contributed by atoms with E-state index in [1.807, 2.05) is 19.1 Å². The molecule has 1 aliphatic heterocycles. The van der Waals surface area contributed by atoms with Crippen LogP contribution in [-0.4, -0.2) is 32.5 Å². The predicted molar refractivity (Wildman–Crippen MR) is 73.0 cm³/mol. The monoisotopic (exact) mass is 250 g/mol. The SMILES string of the molecule is CCOCOc1cccc(N2CCCC(N)C2)c1. The van der Waals surface area contributed by atoms with E-state index in [9.17, 15) is 0 Å². The van der Waals surface area contributed by atoms with E-state index in [1.54, 1.807) is 0 Å². The Hall–Kier alpha value is -1.26. The van der Waals surface area contributed by atoms with E-state index in [1.165, 1.54) is 5.69 Å². The summed E-state index contributed by atoms with van der Waals surface area (Å²) in [7, 11) is 0. The lowest BCUT2D eigenvalue weighted by molar-refractivity contribution is 0.0224. The predicted octanol–water partition coefficient (Wildman–Crippen LogP) is 1.99. The number of piperidine rings is 1. The van der Waals surface area contributed by atoms with Gasteiger partial charge in [-0.3, -0.25) is 0 Å². The van der Waals surface area contributed by atoms with Gasteiger partial charge in [0.1, 0.15) is 5.75 Å². The quantitative estimate of drug-likeness (QED) is 0.641. The van der Waals surface area contributed by atoms with Crippen LogP contribution in [-0.2, 0) is 4.74 Å². The van der Waals surface area contributed by atoms with Gasteiger partial charge in [0.15, 0.2) is 6.79 Å². The lowest BCUT2D eigenvalue weighted by atomic mass is 10.1. The summed E-state index contributed by atoms with van der Waals surface area (Å²) < 4.78 is 10.7. The number of nitrogens with zero attached hydrogens (tertiary/aromatic N) is 1. The van der Waals surface area contributed by atoms with Crippen molar-refractivity contribution in [1.82, 2.24) is 0 Å². The van der Waals surface area contributed by atoms with Crippen molar-refractivity contribution in [1.29, 1.82) is 0 Å². The summed E-state index contributed by atoms with van der Waals surface area (Å²) in [6, 6.07) is 8.40. The minimum Gasteiger partial charge on any atom is -0.467 e. The number of hydrogen-bond acceptors (Lipinski definition) is 4. The topological polar surface area (TPSA) is 47.7 Å². The second-order valence-corrected chi connectivity index (χ2v) is 4.60. The minimum absolute atomic E-state index is 0.284. The molecule has 0 amide bonds. The van der Waals surface area contributed by atoms with Crippen molar-refractivity contribution in [3.63, 3.8) is 0 Å². The van der Waals surface area contributed by atoms with E-state index < -0.39 is 0 Å². The van der Waals surface area contributed by atoms with Crippen LogP contribution in [0.1, 0.15) is 19.8 Å². The smallest absolute Gasteiger partial charge is 0.189 e. The van der Waals surface area contributed by atoms with Crippen LogP contribution in [0.25, 0.3) is 0 Å².